The van der Waals surface area contributed by atoms with Crippen LogP contribution >= 0.6 is 23.3 Å². The lowest BCUT2D eigenvalue weighted by Gasteiger charge is -2.25. The van der Waals surface area contributed by atoms with E-state index in [4.69, 9.17) is 16.3 Å². The van der Waals surface area contributed by atoms with Gasteiger partial charge in [0.2, 0.25) is 0 Å². The summed E-state index contributed by atoms with van der Waals surface area (Å²) in [6, 6.07) is 7.96. The van der Waals surface area contributed by atoms with E-state index < -0.39 is 5.82 Å². The van der Waals surface area contributed by atoms with Gasteiger partial charge in [-0.1, -0.05) is 17.7 Å². The normalized spacial score (nSPS) is 17.4. The summed E-state index contributed by atoms with van der Waals surface area (Å²) in [7, 11) is 0. The number of carbonyl (C=O) groups excluding carboxylic acids is 1. The molecular formula is C15H8ClFN2O2S. The number of esters is 1. The summed E-state index contributed by atoms with van der Waals surface area (Å²) in [4.78, 5) is 11.9. The van der Waals surface area contributed by atoms with Crippen LogP contribution in [0.2, 0.25) is 5.02 Å². The summed E-state index contributed by atoms with van der Waals surface area (Å²) in [5.74, 6) is -0.623. The van der Waals surface area contributed by atoms with Crippen LogP contribution in [0.25, 0.3) is 11.0 Å². The van der Waals surface area contributed by atoms with E-state index in [9.17, 15) is 9.18 Å². The van der Waals surface area contributed by atoms with Crippen molar-refractivity contribution in [2.24, 2.45) is 0 Å². The fourth-order valence-electron chi connectivity index (χ4n) is 2.73. The van der Waals surface area contributed by atoms with E-state index in [2.05, 4.69) is 8.75 Å². The number of carbonyl (C=O) groups is 1. The average molecular weight is 335 g/mol. The van der Waals surface area contributed by atoms with Gasteiger partial charge in [-0.25, -0.2) is 4.39 Å². The van der Waals surface area contributed by atoms with Gasteiger partial charge in [-0.2, -0.15) is 8.75 Å². The number of nitrogens with zero attached hydrogens (tertiary/aromatic N) is 2. The van der Waals surface area contributed by atoms with Crippen LogP contribution in [0.4, 0.5) is 4.39 Å². The minimum absolute atomic E-state index is 0.0292. The van der Waals surface area contributed by atoms with Gasteiger partial charge in [-0.05, 0) is 29.8 Å². The molecule has 2 aromatic carbocycles. The van der Waals surface area contributed by atoms with Crippen LogP contribution in [-0.2, 0) is 4.79 Å². The zero-order valence-corrected chi connectivity index (χ0v) is 12.6. The van der Waals surface area contributed by atoms with E-state index in [1.165, 1.54) is 6.07 Å². The average Bonchev–Trinajstić information content (AvgIpc) is 2.97. The maximum atomic E-state index is 13.4. The van der Waals surface area contributed by atoms with Gasteiger partial charge in [0, 0.05) is 11.5 Å². The molecule has 0 saturated carbocycles. The van der Waals surface area contributed by atoms with E-state index in [0.717, 1.165) is 28.4 Å². The van der Waals surface area contributed by atoms with E-state index in [0.29, 0.717) is 11.3 Å². The summed E-state index contributed by atoms with van der Waals surface area (Å²) in [6.45, 7) is 0. The molecule has 0 spiro atoms. The van der Waals surface area contributed by atoms with Crippen molar-refractivity contribution in [3.8, 4) is 5.75 Å². The first-order valence-electron chi connectivity index (χ1n) is 6.54. The summed E-state index contributed by atoms with van der Waals surface area (Å²) < 4.78 is 27.2. The second-order valence-corrected chi connectivity index (χ2v) is 5.95. The molecule has 0 saturated heterocycles. The van der Waals surface area contributed by atoms with Crippen molar-refractivity contribution in [3.63, 3.8) is 0 Å². The highest BCUT2D eigenvalue weighted by molar-refractivity contribution is 7.00. The first-order valence-corrected chi connectivity index (χ1v) is 7.65. The smallest absolute Gasteiger partial charge is 0.312 e. The standard InChI is InChI=1S/C15H8ClFN2O2S/c16-9-5-7(1-2-10(9)17)8-6-13(20)21-12-4-3-11-15(14(8)12)19-22-18-11/h1-5,8H,6H2/t8-/m0/s1. The summed E-state index contributed by atoms with van der Waals surface area (Å²) in [5, 5.41) is 0.0292. The van der Waals surface area contributed by atoms with Crippen molar-refractivity contribution in [3.05, 3.63) is 52.3 Å². The third kappa shape index (κ3) is 2.07. The van der Waals surface area contributed by atoms with Crippen molar-refractivity contribution in [2.45, 2.75) is 12.3 Å². The van der Waals surface area contributed by atoms with Gasteiger partial charge in [-0.3, -0.25) is 4.79 Å². The number of hydrogen-bond acceptors (Lipinski definition) is 5. The first kappa shape index (κ1) is 13.6. The minimum atomic E-state index is -0.488. The van der Waals surface area contributed by atoms with Crippen LogP contribution in [0.5, 0.6) is 5.75 Å². The highest BCUT2D eigenvalue weighted by Crippen LogP contribution is 2.42. The van der Waals surface area contributed by atoms with Crippen molar-refractivity contribution >= 4 is 40.3 Å². The van der Waals surface area contributed by atoms with Gasteiger partial charge in [0.25, 0.3) is 0 Å². The second-order valence-electron chi connectivity index (χ2n) is 5.01. The van der Waals surface area contributed by atoms with Crippen LogP contribution in [0.15, 0.2) is 30.3 Å². The van der Waals surface area contributed by atoms with E-state index >= 15 is 0 Å². The highest BCUT2D eigenvalue weighted by Gasteiger charge is 2.31. The van der Waals surface area contributed by atoms with Gasteiger partial charge >= 0.3 is 5.97 Å². The van der Waals surface area contributed by atoms with Gasteiger partial charge < -0.3 is 4.74 Å². The predicted octanol–water partition coefficient (Wildman–Crippen LogP) is 3.92. The van der Waals surface area contributed by atoms with Crippen molar-refractivity contribution in [2.75, 3.05) is 0 Å². The topological polar surface area (TPSA) is 52.1 Å². The molecule has 22 heavy (non-hydrogen) atoms. The Kier molecular flexibility index (Phi) is 3.09. The molecule has 0 amide bonds. The Balaban J connectivity index is 1.95. The van der Waals surface area contributed by atoms with Crippen LogP contribution in [0.1, 0.15) is 23.5 Å². The Morgan fingerprint density at radius 3 is 2.95 bits per heavy atom. The SMILES string of the molecule is O=C1C[C@@H](c2ccc(F)c(Cl)c2)c2c(ccc3nsnc23)O1. The molecule has 110 valence electrons. The molecule has 1 aliphatic rings. The molecule has 1 atom stereocenters. The van der Waals surface area contributed by atoms with Gasteiger partial charge in [0.15, 0.2) is 0 Å². The molecule has 2 heterocycles. The Morgan fingerprint density at radius 1 is 1.27 bits per heavy atom. The molecule has 4 rings (SSSR count). The van der Waals surface area contributed by atoms with Crippen molar-refractivity contribution < 1.29 is 13.9 Å². The largest absolute Gasteiger partial charge is 0.426 e. The monoisotopic (exact) mass is 334 g/mol. The summed E-state index contributed by atoms with van der Waals surface area (Å²) in [5.41, 5.74) is 3.01. The molecule has 1 aromatic heterocycles. The maximum absolute atomic E-state index is 13.4. The molecule has 0 aliphatic carbocycles. The molecule has 0 fully saturated rings. The molecule has 7 heteroatoms. The van der Waals surface area contributed by atoms with Crippen LogP contribution in [-0.4, -0.2) is 14.7 Å². The second kappa shape index (κ2) is 5.00. The molecule has 4 nitrogen and oxygen atoms in total. The molecule has 0 N–H and O–H groups in total. The Morgan fingerprint density at radius 2 is 2.14 bits per heavy atom. The predicted molar refractivity (Wildman–Crippen MR) is 80.9 cm³/mol. The Hall–Kier alpha value is -2.05. The molecule has 0 radical (unpaired) electrons. The van der Waals surface area contributed by atoms with Crippen LogP contribution < -0.4 is 4.74 Å². The zero-order valence-electron chi connectivity index (χ0n) is 11.0. The van der Waals surface area contributed by atoms with Crippen molar-refractivity contribution in [1.29, 1.82) is 0 Å². The van der Waals surface area contributed by atoms with E-state index in [1.54, 1.807) is 24.3 Å². The lowest BCUT2D eigenvalue weighted by molar-refractivity contribution is -0.135. The Labute approximate surface area is 133 Å². The minimum Gasteiger partial charge on any atom is -0.426 e. The number of rotatable bonds is 1. The first-order chi connectivity index (χ1) is 10.6. The van der Waals surface area contributed by atoms with Gasteiger partial charge in [0.1, 0.15) is 22.6 Å². The third-order valence-corrected chi connectivity index (χ3v) is 4.55. The van der Waals surface area contributed by atoms with E-state index in [1.807, 2.05) is 0 Å². The zero-order chi connectivity index (χ0) is 15.3. The number of benzene rings is 2. The number of hydrogen-bond donors (Lipinski definition) is 0. The summed E-state index contributed by atoms with van der Waals surface area (Å²) >= 11 is 6.98. The fourth-order valence-corrected chi connectivity index (χ4v) is 3.46. The molecule has 3 aromatic rings. The molecule has 0 unspecified atom stereocenters. The number of aromatic nitrogens is 2. The molecule has 1 aliphatic heterocycles. The lowest BCUT2D eigenvalue weighted by atomic mass is 9.85. The molecule has 0 bridgehead atoms. The fraction of sp³-hybridized carbons (Fsp3) is 0.133. The van der Waals surface area contributed by atoms with Crippen molar-refractivity contribution in [1.82, 2.24) is 8.75 Å². The Bertz CT molecular complexity index is 912. The third-order valence-electron chi connectivity index (χ3n) is 3.72. The van der Waals surface area contributed by atoms with Crippen LogP contribution in [0.3, 0.4) is 0 Å². The highest BCUT2D eigenvalue weighted by atomic mass is 35.5. The number of halogens is 2. The van der Waals surface area contributed by atoms with E-state index in [-0.39, 0.29) is 23.3 Å². The van der Waals surface area contributed by atoms with Crippen LogP contribution in [0, 0.1) is 5.82 Å². The molecular weight excluding hydrogens is 327 g/mol. The van der Waals surface area contributed by atoms with Gasteiger partial charge in [-0.15, -0.1) is 0 Å². The number of ether oxygens (including phenoxy) is 1. The number of fused-ring (bicyclic) bond motifs is 3. The quantitative estimate of drug-likeness (QED) is 0.500. The maximum Gasteiger partial charge on any atom is 0.312 e. The summed E-state index contributed by atoms with van der Waals surface area (Å²) in [6.07, 6.45) is 0.158. The lowest BCUT2D eigenvalue weighted by Crippen LogP contribution is -2.21. The van der Waals surface area contributed by atoms with Gasteiger partial charge in [0.05, 0.1) is 23.2 Å².